The van der Waals surface area contributed by atoms with Crippen LogP contribution in [-0.4, -0.2) is 21.1 Å². The van der Waals surface area contributed by atoms with Crippen LogP contribution in [0.15, 0.2) is 35.3 Å². The number of anilines is 1. The number of nitrogens with zero attached hydrogens (tertiary/aromatic N) is 3. The van der Waals surface area contributed by atoms with Gasteiger partial charge in [-0.2, -0.15) is 4.98 Å². The summed E-state index contributed by atoms with van der Waals surface area (Å²) in [7, 11) is 0. The van der Waals surface area contributed by atoms with Crippen molar-refractivity contribution in [3.05, 3.63) is 57.2 Å². The molecular weight excluding hydrogens is 312 g/mol. The molecule has 2 aromatic heterocycles. The topological polar surface area (TPSA) is 59.8 Å². The number of hydrogen-bond donors (Lipinski definition) is 1. The first-order chi connectivity index (χ1) is 11.1. The Morgan fingerprint density at radius 2 is 2.22 bits per heavy atom. The molecule has 116 valence electrons. The predicted octanol–water partition coefficient (Wildman–Crippen LogP) is 3.10. The second-order valence-electron chi connectivity index (χ2n) is 5.68. The highest BCUT2D eigenvalue weighted by atomic mass is 35.5. The molecule has 1 aliphatic rings. The van der Waals surface area contributed by atoms with Crippen LogP contribution in [0.1, 0.15) is 17.7 Å². The number of benzene rings is 1. The SMILES string of the molecule is Cc1ncccc1-n1c(=O)nc2c3c(cc(Cl)cc31)CCCN2. The van der Waals surface area contributed by atoms with E-state index >= 15 is 0 Å². The molecule has 0 fully saturated rings. The van der Waals surface area contributed by atoms with Crippen LogP contribution < -0.4 is 11.0 Å². The molecule has 5 nitrogen and oxygen atoms in total. The van der Waals surface area contributed by atoms with Gasteiger partial charge in [-0.15, -0.1) is 0 Å². The summed E-state index contributed by atoms with van der Waals surface area (Å²) in [4.78, 5) is 21.2. The Labute approximate surface area is 138 Å². The van der Waals surface area contributed by atoms with E-state index in [1.54, 1.807) is 10.8 Å². The number of rotatable bonds is 1. The van der Waals surface area contributed by atoms with Gasteiger partial charge in [0.2, 0.25) is 0 Å². The maximum Gasteiger partial charge on any atom is 0.354 e. The van der Waals surface area contributed by atoms with Crippen molar-refractivity contribution >= 4 is 28.3 Å². The van der Waals surface area contributed by atoms with E-state index in [-0.39, 0.29) is 5.69 Å². The van der Waals surface area contributed by atoms with Crippen LogP contribution in [0.25, 0.3) is 16.6 Å². The van der Waals surface area contributed by atoms with E-state index in [0.29, 0.717) is 10.8 Å². The lowest BCUT2D eigenvalue weighted by molar-refractivity contribution is 0.876. The minimum absolute atomic E-state index is 0.328. The maximum atomic E-state index is 12.7. The minimum atomic E-state index is -0.328. The van der Waals surface area contributed by atoms with E-state index in [9.17, 15) is 4.79 Å². The maximum absolute atomic E-state index is 12.7. The molecule has 6 heteroatoms. The predicted molar refractivity (Wildman–Crippen MR) is 91.7 cm³/mol. The van der Waals surface area contributed by atoms with Crippen molar-refractivity contribution in [2.24, 2.45) is 0 Å². The molecule has 0 radical (unpaired) electrons. The molecule has 0 atom stereocenters. The monoisotopic (exact) mass is 326 g/mol. The Hall–Kier alpha value is -2.40. The Morgan fingerprint density at radius 3 is 3.04 bits per heavy atom. The Bertz CT molecular complexity index is 980. The van der Waals surface area contributed by atoms with Gasteiger partial charge < -0.3 is 5.32 Å². The van der Waals surface area contributed by atoms with Gasteiger partial charge in [-0.05, 0) is 49.6 Å². The molecule has 1 aliphatic heterocycles. The largest absolute Gasteiger partial charge is 0.369 e. The number of aromatic nitrogens is 3. The first-order valence-corrected chi connectivity index (χ1v) is 7.94. The molecule has 3 heterocycles. The Kier molecular flexibility index (Phi) is 3.31. The second kappa shape index (κ2) is 5.35. The number of pyridine rings is 1. The molecular formula is C17H15ClN4O. The van der Waals surface area contributed by atoms with Crippen molar-refractivity contribution in [3.63, 3.8) is 0 Å². The summed E-state index contributed by atoms with van der Waals surface area (Å²) in [5, 5.41) is 4.85. The zero-order valence-corrected chi connectivity index (χ0v) is 13.4. The molecule has 3 aromatic rings. The van der Waals surface area contributed by atoms with Crippen LogP contribution in [0, 0.1) is 6.92 Å². The quantitative estimate of drug-likeness (QED) is 0.746. The van der Waals surface area contributed by atoms with E-state index in [0.717, 1.165) is 47.2 Å². The Morgan fingerprint density at radius 1 is 1.35 bits per heavy atom. The first kappa shape index (κ1) is 14.2. The smallest absolute Gasteiger partial charge is 0.354 e. The van der Waals surface area contributed by atoms with E-state index in [2.05, 4.69) is 15.3 Å². The van der Waals surface area contributed by atoms with E-state index in [4.69, 9.17) is 11.6 Å². The number of hydrogen-bond acceptors (Lipinski definition) is 4. The van der Waals surface area contributed by atoms with Crippen LogP contribution >= 0.6 is 11.6 Å². The lowest BCUT2D eigenvalue weighted by atomic mass is 10.0. The molecule has 1 N–H and O–H groups in total. The van der Waals surface area contributed by atoms with Gasteiger partial charge in [0, 0.05) is 23.2 Å². The fraction of sp³-hybridized carbons (Fsp3) is 0.235. The number of halogens is 1. The molecule has 23 heavy (non-hydrogen) atoms. The zero-order chi connectivity index (χ0) is 16.0. The van der Waals surface area contributed by atoms with Crippen molar-refractivity contribution in [3.8, 4) is 5.69 Å². The van der Waals surface area contributed by atoms with E-state index in [1.165, 1.54) is 0 Å². The summed E-state index contributed by atoms with van der Waals surface area (Å²) in [5.74, 6) is 0.645. The average Bonchev–Trinajstić information content (AvgIpc) is 2.71. The summed E-state index contributed by atoms with van der Waals surface area (Å²) in [5.41, 5.74) is 3.07. The van der Waals surface area contributed by atoms with Crippen LogP contribution in [0.5, 0.6) is 0 Å². The van der Waals surface area contributed by atoms with E-state index < -0.39 is 0 Å². The third-order valence-corrected chi connectivity index (χ3v) is 4.39. The van der Waals surface area contributed by atoms with Crippen molar-refractivity contribution in [2.75, 3.05) is 11.9 Å². The van der Waals surface area contributed by atoms with Gasteiger partial charge in [0.15, 0.2) is 0 Å². The van der Waals surface area contributed by atoms with Crippen molar-refractivity contribution < 1.29 is 0 Å². The summed E-state index contributed by atoms with van der Waals surface area (Å²) >= 11 is 6.31. The lowest BCUT2D eigenvalue weighted by Gasteiger charge is -2.15. The van der Waals surface area contributed by atoms with E-state index in [1.807, 2.05) is 31.2 Å². The van der Waals surface area contributed by atoms with Gasteiger partial charge in [0.25, 0.3) is 0 Å². The molecule has 0 saturated heterocycles. The normalized spacial score (nSPS) is 13.7. The van der Waals surface area contributed by atoms with Crippen molar-refractivity contribution in [1.82, 2.24) is 14.5 Å². The van der Waals surface area contributed by atoms with Gasteiger partial charge in [-0.3, -0.25) is 9.55 Å². The summed E-state index contributed by atoms with van der Waals surface area (Å²) in [6.45, 7) is 2.67. The molecule has 0 saturated carbocycles. The number of nitrogens with one attached hydrogen (secondary N) is 1. The third-order valence-electron chi connectivity index (χ3n) is 4.18. The molecule has 1 aromatic carbocycles. The fourth-order valence-corrected chi connectivity index (χ4v) is 3.39. The molecule has 0 spiro atoms. The summed E-state index contributed by atoms with van der Waals surface area (Å²) in [6, 6.07) is 7.48. The van der Waals surface area contributed by atoms with Crippen LogP contribution in [0.2, 0.25) is 5.02 Å². The van der Waals surface area contributed by atoms with Gasteiger partial charge in [-0.1, -0.05) is 11.6 Å². The lowest BCUT2D eigenvalue weighted by Crippen LogP contribution is -2.24. The molecule has 0 aliphatic carbocycles. The first-order valence-electron chi connectivity index (χ1n) is 7.56. The average molecular weight is 327 g/mol. The molecule has 0 bridgehead atoms. The standard InChI is InChI=1S/C17H15ClN4O/c1-10-13(5-3-6-19-10)22-14-9-12(18)8-11-4-2-7-20-16(15(11)14)21-17(22)23/h3,5-6,8-9H,2,4,7H2,1H3,(H,20,21,23). The highest BCUT2D eigenvalue weighted by Crippen LogP contribution is 2.31. The highest BCUT2D eigenvalue weighted by molar-refractivity contribution is 6.31. The summed E-state index contributed by atoms with van der Waals surface area (Å²) in [6.07, 6.45) is 3.59. The van der Waals surface area contributed by atoms with Crippen molar-refractivity contribution in [1.29, 1.82) is 0 Å². The van der Waals surface area contributed by atoms with Crippen LogP contribution in [-0.2, 0) is 6.42 Å². The van der Waals surface area contributed by atoms with Gasteiger partial charge in [0.1, 0.15) is 5.82 Å². The van der Waals surface area contributed by atoms with Gasteiger partial charge in [0.05, 0.1) is 16.9 Å². The molecule has 0 unspecified atom stereocenters. The van der Waals surface area contributed by atoms with Gasteiger partial charge >= 0.3 is 5.69 Å². The number of aryl methyl sites for hydroxylation is 2. The minimum Gasteiger partial charge on any atom is -0.369 e. The van der Waals surface area contributed by atoms with Gasteiger partial charge in [-0.25, -0.2) is 4.79 Å². The second-order valence-corrected chi connectivity index (χ2v) is 6.11. The Balaban J connectivity index is 2.18. The van der Waals surface area contributed by atoms with Crippen molar-refractivity contribution in [2.45, 2.75) is 19.8 Å². The van der Waals surface area contributed by atoms with Crippen LogP contribution in [0.3, 0.4) is 0 Å². The molecule has 4 rings (SSSR count). The third kappa shape index (κ3) is 2.28. The highest BCUT2D eigenvalue weighted by Gasteiger charge is 2.19. The molecule has 0 amide bonds. The fourth-order valence-electron chi connectivity index (χ4n) is 3.16. The summed E-state index contributed by atoms with van der Waals surface area (Å²) < 4.78 is 1.60. The zero-order valence-electron chi connectivity index (χ0n) is 12.6. The van der Waals surface area contributed by atoms with Crippen LogP contribution in [0.4, 0.5) is 5.82 Å².